The van der Waals surface area contributed by atoms with Gasteiger partial charge in [0.15, 0.2) is 15.5 Å². The average Bonchev–Trinajstić information content (AvgIpc) is 3.12. The van der Waals surface area contributed by atoms with Crippen LogP contribution < -0.4 is 11.1 Å². The number of rotatable bonds is 6. The molecule has 2 heterocycles. The number of nitrogens with one attached hydrogen (secondary N) is 2. The van der Waals surface area contributed by atoms with E-state index in [2.05, 4.69) is 20.5 Å². The van der Waals surface area contributed by atoms with Crippen LogP contribution >= 0.6 is 0 Å². The van der Waals surface area contributed by atoms with Gasteiger partial charge in [0, 0.05) is 29.0 Å². The summed E-state index contributed by atoms with van der Waals surface area (Å²) in [6.45, 7) is 5.27. The molecule has 8 nitrogen and oxygen atoms in total. The fourth-order valence-corrected chi connectivity index (χ4v) is 5.21. The van der Waals surface area contributed by atoms with Crippen LogP contribution in [0.2, 0.25) is 0 Å². The lowest BCUT2D eigenvalue weighted by molar-refractivity contribution is 0.0963. The maximum absolute atomic E-state index is 13.1. The molecule has 1 aliphatic carbocycles. The number of hydrogen-bond donors (Lipinski definition) is 3. The van der Waals surface area contributed by atoms with Gasteiger partial charge in [-0.1, -0.05) is 19.1 Å². The largest absolute Gasteiger partial charge is 0.397 e. The predicted molar refractivity (Wildman–Crippen MR) is 134 cm³/mol. The van der Waals surface area contributed by atoms with Crippen molar-refractivity contribution in [2.45, 2.75) is 38.9 Å². The molecule has 1 amide bonds. The molecule has 0 spiro atoms. The van der Waals surface area contributed by atoms with Gasteiger partial charge in [0.05, 0.1) is 21.4 Å². The third kappa shape index (κ3) is 4.51. The van der Waals surface area contributed by atoms with Crippen LogP contribution in [0.25, 0.3) is 22.0 Å². The first-order chi connectivity index (χ1) is 16.2. The molecule has 0 atom stereocenters. The first-order valence-corrected chi connectivity index (χ1v) is 12.6. The van der Waals surface area contributed by atoms with Gasteiger partial charge in [-0.3, -0.25) is 14.9 Å². The fraction of sp³-hybridized carbons (Fsp3) is 0.240. The number of aromatic amines is 1. The summed E-state index contributed by atoms with van der Waals surface area (Å²) in [5.74, 6) is -0.391. The van der Waals surface area contributed by atoms with Gasteiger partial charge < -0.3 is 11.1 Å². The number of hydrogen-bond acceptors (Lipinski definition) is 6. The summed E-state index contributed by atoms with van der Waals surface area (Å²) >= 11 is 0. The molecular weight excluding hydrogens is 450 g/mol. The van der Waals surface area contributed by atoms with Gasteiger partial charge in [-0.2, -0.15) is 5.10 Å². The van der Waals surface area contributed by atoms with Crippen molar-refractivity contribution in [2.75, 3.05) is 5.73 Å². The number of allylic oxidation sites excluding steroid dienone is 4. The van der Waals surface area contributed by atoms with E-state index in [1.807, 2.05) is 37.3 Å². The van der Waals surface area contributed by atoms with Crippen LogP contribution in [0.5, 0.6) is 0 Å². The molecule has 9 heteroatoms. The van der Waals surface area contributed by atoms with Crippen LogP contribution in [0.1, 0.15) is 44.1 Å². The van der Waals surface area contributed by atoms with Gasteiger partial charge in [-0.25, -0.2) is 8.42 Å². The van der Waals surface area contributed by atoms with Gasteiger partial charge in [0.2, 0.25) is 0 Å². The molecule has 176 valence electrons. The first-order valence-electron chi connectivity index (χ1n) is 11.0. The molecule has 0 saturated heterocycles. The zero-order valence-electron chi connectivity index (χ0n) is 19.3. The number of nitrogens with two attached hydrogens (primary N) is 1. The Balaban J connectivity index is 1.62. The summed E-state index contributed by atoms with van der Waals surface area (Å²) in [4.78, 5) is 17.6. The van der Waals surface area contributed by atoms with Crippen molar-refractivity contribution in [3.8, 4) is 11.1 Å². The third-order valence-corrected chi connectivity index (χ3v) is 8.09. The standard InChI is InChI=1S/C25H27N5O3S/c1-4-16-5-7-20(8-10-23(16)34(32,33)15(2)3)28-25(31)24-21-12-17(6-9-22(21)29-30-24)18-11-19(26)14-27-13-18/h6-15H,4-5,26H2,1-3H3,(H,28,31)(H,29,30). The van der Waals surface area contributed by atoms with E-state index in [0.29, 0.717) is 34.5 Å². The molecule has 4 rings (SSSR count). The maximum Gasteiger partial charge on any atom is 0.276 e. The van der Waals surface area contributed by atoms with Crippen LogP contribution in [0.3, 0.4) is 0 Å². The number of amides is 1. The number of pyridine rings is 1. The summed E-state index contributed by atoms with van der Waals surface area (Å²) in [6, 6.07) is 7.44. The lowest BCUT2D eigenvalue weighted by Gasteiger charge is -2.12. The highest BCUT2D eigenvalue weighted by molar-refractivity contribution is 7.96. The van der Waals surface area contributed by atoms with E-state index in [-0.39, 0.29) is 5.69 Å². The van der Waals surface area contributed by atoms with Crippen molar-refractivity contribution < 1.29 is 13.2 Å². The SMILES string of the molecule is CCC1=C(S(=O)(=O)C(C)C)C=CC(NC(=O)c2n[nH]c3ccc(-c4cncc(N)c4)cc23)=CC1. The van der Waals surface area contributed by atoms with E-state index >= 15 is 0 Å². The van der Waals surface area contributed by atoms with Gasteiger partial charge in [-0.05, 0) is 68.2 Å². The Morgan fingerprint density at radius 3 is 2.68 bits per heavy atom. The molecule has 0 aliphatic heterocycles. The molecule has 0 bridgehead atoms. The monoisotopic (exact) mass is 477 g/mol. The molecule has 3 aromatic rings. The summed E-state index contributed by atoms with van der Waals surface area (Å²) in [6.07, 6.45) is 9.37. The van der Waals surface area contributed by atoms with Crippen LogP contribution in [-0.2, 0) is 9.84 Å². The Kier molecular flexibility index (Phi) is 6.39. The average molecular weight is 478 g/mol. The van der Waals surface area contributed by atoms with E-state index in [1.54, 1.807) is 38.4 Å². The summed E-state index contributed by atoms with van der Waals surface area (Å²) in [7, 11) is -3.43. The van der Waals surface area contributed by atoms with Crippen LogP contribution in [0, 0.1) is 0 Å². The molecule has 34 heavy (non-hydrogen) atoms. The summed E-state index contributed by atoms with van der Waals surface area (Å²) in [5.41, 5.74) is 10.4. The molecule has 0 fully saturated rings. The van der Waals surface area contributed by atoms with Crippen molar-refractivity contribution >= 4 is 32.3 Å². The predicted octanol–water partition coefficient (Wildman–Crippen LogP) is 4.27. The number of carbonyl (C=O) groups excluding carboxylic acids is 1. The number of aromatic nitrogens is 3. The number of nitrogens with zero attached hydrogens (tertiary/aromatic N) is 2. The van der Waals surface area contributed by atoms with Gasteiger partial charge >= 0.3 is 0 Å². The molecule has 4 N–H and O–H groups in total. The summed E-state index contributed by atoms with van der Waals surface area (Å²) in [5, 5.41) is 10.1. The number of carbonyl (C=O) groups is 1. The molecule has 0 saturated carbocycles. The Labute approximate surface area is 198 Å². The quantitative estimate of drug-likeness (QED) is 0.486. The molecule has 0 radical (unpaired) electrons. The zero-order valence-corrected chi connectivity index (χ0v) is 20.1. The molecule has 1 aromatic carbocycles. The highest BCUT2D eigenvalue weighted by Gasteiger charge is 2.24. The van der Waals surface area contributed by atoms with Gasteiger partial charge in [0.25, 0.3) is 5.91 Å². The maximum atomic E-state index is 13.1. The third-order valence-electron chi connectivity index (χ3n) is 5.81. The number of nitrogen functional groups attached to an aromatic ring is 1. The van der Waals surface area contributed by atoms with E-state index in [1.165, 1.54) is 0 Å². The number of anilines is 1. The second-order valence-corrected chi connectivity index (χ2v) is 10.9. The van der Waals surface area contributed by atoms with E-state index in [4.69, 9.17) is 5.73 Å². The number of fused-ring (bicyclic) bond motifs is 1. The fourth-order valence-electron chi connectivity index (χ4n) is 3.82. The van der Waals surface area contributed by atoms with E-state index in [9.17, 15) is 13.2 Å². The topological polar surface area (TPSA) is 131 Å². The van der Waals surface area contributed by atoms with Crippen LogP contribution in [0.15, 0.2) is 71.1 Å². The first kappa shape index (κ1) is 23.4. The second-order valence-electron chi connectivity index (χ2n) is 8.41. The number of H-pyrrole nitrogens is 1. The highest BCUT2D eigenvalue weighted by Crippen LogP contribution is 2.28. The second kappa shape index (κ2) is 9.26. The smallest absolute Gasteiger partial charge is 0.276 e. The molecule has 2 aromatic heterocycles. The van der Waals surface area contributed by atoms with Crippen molar-refractivity contribution in [2.24, 2.45) is 0 Å². The Hall–Kier alpha value is -3.72. The normalized spacial score (nSPS) is 14.4. The lowest BCUT2D eigenvalue weighted by Crippen LogP contribution is -2.22. The van der Waals surface area contributed by atoms with Crippen molar-refractivity contribution in [1.29, 1.82) is 0 Å². The van der Waals surface area contributed by atoms with Crippen molar-refractivity contribution in [3.63, 3.8) is 0 Å². The number of sulfone groups is 1. The molecular formula is C25H27N5O3S. The van der Waals surface area contributed by atoms with Crippen molar-refractivity contribution in [1.82, 2.24) is 20.5 Å². The van der Waals surface area contributed by atoms with Gasteiger partial charge in [0.1, 0.15) is 0 Å². The number of benzene rings is 1. The van der Waals surface area contributed by atoms with Crippen LogP contribution in [0.4, 0.5) is 5.69 Å². The Morgan fingerprint density at radius 2 is 1.97 bits per heavy atom. The zero-order chi connectivity index (χ0) is 24.5. The van der Waals surface area contributed by atoms with Crippen molar-refractivity contribution in [3.05, 3.63) is 76.8 Å². The Morgan fingerprint density at radius 1 is 1.18 bits per heavy atom. The van der Waals surface area contributed by atoms with Gasteiger partial charge in [-0.15, -0.1) is 0 Å². The highest BCUT2D eigenvalue weighted by atomic mass is 32.2. The molecule has 1 aliphatic rings. The summed E-state index contributed by atoms with van der Waals surface area (Å²) < 4.78 is 25.6. The van der Waals surface area contributed by atoms with E-state index < -0.39 is 21.0 Å². The minimum Gasteiger partial charge on any atom is -0.397 e. The van der Waals surface area contributed by atoms with Crippen LogP contribution in [-0.4, -0.2) is 34.8 Å². The Bertz CT molecular complexity index is 1460. The van der Waals surface area contributed by atoms with E-state index in [0.717, 1.165) is 22.2 Å². The minimum absolute atomic E-state index is 0.242. The minimum atomic E-state index is -3.43. The molecule has 0 unspecified atom stereocenters. The lowest BCUT2D eigenvalue weighted by atomic mass is 10.0.